The van der Waals surface area contributed by atoms with Gasteiger partial charge in [-0.3, -0.25) is 9.59 Å². The van der Waals surface area contributed by atoms with Gasteiger partial charge in [0.05, 0.1) is 123 Å². The molecule has 0 aromatic heterocycles. The predicted molar refractivity (Wildman–Crippen MR) is 255 cm³/mol. The van der Waals surface area contributed by atoms with Gasteiger partial charge in [0, 0.05) is 29.9 Å². The first-order chi connectivity index (χ1) is 32.3. The fraction of sp³-hybridized carbons (Fsp3) is 0.509. The van der Waals surface area contributed by atoms with Gasteiger partial charge < -0.3 is 56.3 Å². The first-order valence-corrected chi connectivity index (χ1v) is 23.2. The number of likely N-dealkylation sites (N-methyl/N-ethyl adjacent to an activating group) is 2. The molecule has 4 aromatic rings. The van der Waals surface area contributed by atoms with Crippen molar-refractivity contribution in [2.75, 3.05) is 110 Å². The Morgan fingerprint density at radius 2 is 0.985 bits per heavy atom. The zero-order chi connectivity index (χ0) is 48.1. The lowest BCUT2D eigenvalue weighted by Gasteiger charge is -2.46. The van der Waals surface area contributed by atoms with Gasteiger partial charge in [-0.2, -0.15) is 0 Å². The lowest BCUT2D eigenvalue weighted by molar-refractivity contribution is -0.940. The maximum absolute atomic E-state index is 13.2. The van der Waals surface area contributed by atoms with Crippen molar-refractivity contribution in [1.29, 1.82) is 0 Å². The molecule has 2 aliphatic rings. The summed E-state index contributed by atoms with van der Waals surface area (Å²) in [6.07, 6.45) is 5.10. The first-order valence-electron chi connectivity index (χ1n) is 23.2. The van der Waals surface area contributed by atoms with E-state index in [0.29, 0.717) is 107 Å². The second-order valence-electron chi connectivity index (χ2n) is 18.2. The number of rotatable bonds is 24. The number of methoxy groups -OCH3 is 8. The van der Waals surface area contributed by atoms with Gasteiger partial charge in [-0.1, -0.05) is 12.1 Å². The number of hydrogen-bond donors (Lipinski definition) is 0. The molecule has 0 saturated carbocycles. The Morgan fingerprint density at radius 1 is 0.522 bits per heavy atom. The molecule has 0 aliphatic carbocycles. The number of benzene rings is 4. The number of quaternary nitrogens is 2. The third-order valence-electron chi connectivity index (χ3n) is 13.8. The molecule has 2 heterocycles. The molecular weight excluding hydrogens is 857 g/mol. The van der Waals surface area contributed by atoms with E-state index in [1.807, 2.05) is 24.3 Å². The molecule has 4 aromatic carbocycles. The van der Waals surface area contributed by atoms with Crippen LogP contribution in [0.3, 0.4) is 0 Å². The van der Waals surface area contributed by atoms with Crippen LogP contribution in [0.15, 0.2) is 60.7 Å². The van der Waals surface area contributed by atoms with E-state index in [-0.39, 0.29) is 23.9 Å². The van der Waals surface area contributed by atoms with Crippen LogP contribution in [0, 0.1) is 0 Å². The Bertz CT molecular complexity index is 2320. The molecule has 6 rings (SSSR count). The van der Waals surface area contributed by atoms with Gasteiger partial charge in [-0.05, 0) is 96.5 Å². The van der Waals surface area contributed by atoms with Crippen LogP contribution in [-0.2, 0) is 44.9 Å². The average molecular weight is 929 g/mol. The van der Waals surface area contributed by atoms with Gasteiger partial charge in [-0.25, -0.2) is 0 Å². The van der Waals surface area contributed by atoms with Crippen molar-refractivity contribution in [3.63, 3.8) is 0 Å². The maximum Gasteiger partial charge on any atom is 0.311 e. The summed E-state index contributed by atoms with van der Waals surface area (Å²) in [6.45, 7) is 4.34. The number of unbranched alkanes of at least 4 members (excludes halogenated alkanes) is 2. The standard InChI is InChI=1S/C53H72N2O12/c1-54(34-39(26-36-14-16-44(58-3)46(28-36)60-5)41-32-50(64-9)49(63-8)31-40(41)35-54)21-19-52(56)66-24-12-11-13-25-67-53(57)20-23-55(2)22-18-38-30-48(62-7)51(65-10)33-42(38)43(55)27-37-15-17-45(59-4)47(29-37)61-6/h14-17,28-33,39,43H,11-13,18-27,34-35H2,1-10H3/q+2. The molecule has 0 radical (unpaired) electrons. The van der Waals surface area contributed by atoms with E-state index >= 15 is 0 Å². The van der Waals surface area contributed by atoms with Gasteiger partial charge >= 0.3 is 11.9 Å². The quantitative estimate of drug-likeness (QED) is 0.0383. The molecule has 2 aliphatic heterocycles. The fourth-order valence-corrected chi connectivity index (χ4v) is 9.96. The highest BCUT2D eigenvalue weighted by atomic mass is 16.5. The summed E-state index contributed by atoms with van der Waals surface area (Å²) >= 11 is 0. The third kappa shape index (κ3) is 12.4. The molecular formula is C53H72N2O12+2. The van der Waals surface area contributed by atoms with Crippen molar-refractivity contribution in [2.45, 2.75) is 69.9 Å². The fourth-order valence-electron chi connectivity index (χ4n) is 9.96. The van der Waals surface area contributed by atoms with Crippen molar-refractivity contribution in [1.82, 2.24) is 0 Å². The summed E-state index contributed by atoms with van der Waals surface area (Å²) in [5.41, 5.74) is 7.03. The topological polar surface area (TPSA) is 126 Å². The second kappa shape index (κ2) is 23.2. The number of nitrogens with zero attached hydrogens (tertiary/aromatic N) is 2. The Hall–Kier alpha value is -5.86. The second-order valence-corrected chi connectivity index (χ2v) is 18.2. The highest BCUT2D eigenvalue weighted by Gasteiger charge is 2.41. The highest BCUT2D eigenvalue weighted by Crippen LogP contribution is 2.44. The number of carbonyl (C=O) groups is 2. The van der Waals surface area contributed by atoms with E-state index in [4.69, 9.17) is 47.4 Å². The predicted octanol–water partition coefficient (Wildman–Crippen LogP) is 8.07. The van der Waals surface area contributed by atoms with Crippen molar-refractivity contribution >= 4 is 11.9 Å². The van der Waals surface area contributed by atoms with Crippen LogP contribution in [0.5, 0.6) is 46.0 Å². The number of hydrogen-bond acceptors (Lipinski definition) is 12. The van der Waals surface area contributed by atoms with Crippen LogP contribution in [0.1, 0.15) is 77.4 Å². The summed E-state index contributed by atoms with van der Waals surface area (Å²) in [4.78, 5) is 26.3. The minimum absolute atomic E-state index is 0.0409. The number of carbonyl (C=O) groups excluding carboxylic acids is 2. The molecule has 0 spiro atoms. The van der Waals surface area contributed by atoms with E-state index in [1.54, 1.807) is 56.9 Å². The Balaban J connectivity index is 0.970. The van der Waals surface area contributed by atoms with Crippen LogP contribution in [-0.4, -0.2) is 131 Å². The third-order valence-corrected chi connectivity index (χ3v) is 13.8. The molecule has 4 atom stereocenters. The Kier molecular flexibility index (Phi) is 17.5. The summed E-state index contributed by atoms with van der Waals surface area (Å²) < 4.78 is 57.8. The first kappa shape index (κ1) is 50.6. The molecule has 4 unspecified atom stereocenters. The summed E-state index contributed by atoms with van der Waals surface area (Å²) in [5, 5.41) is 0. The average Bonchev–Trinajstić information content (AvgIpc) is 3.34. The summed E-state index contributed by atoms with van der Waals surface area (Å²) in [5.74, 6) is 5.25. The van der Waals surface area contributed by atoms with Crippen LogP contribution in [0.25, 0.3) is 0 Å². The van der Waals surface area contributed by atoms with Crippen LogP contribution in [0.4, 0.5) is 0 Å². The van der Waals surface area contributed by atoms with Gasteiger partial charge in [0.2, 0.25) is 0 Å². The van der Waals surface area contributed by atoms with Gasteiger partial charge in [0.15, 0.2) is 46.0 Å². The Labute approximate surface area is 397 Å². The van der Waals surface area contributed by atoms with Crippen LogP contribution in [0.2, 0.25) is 0 Å². The van der Waals surface area contributed by atoms with Crippen molar-refractivity contribution < 1.29 is 65.9 Å². The lowest BCUT2D eigenvalue weighted by atomic mass is 9.83. The molecule has 364 valence electrons. The number of fused-ring (bicyclic) bond motifs is 2. The van der Waals surface area contributed by atoms with E-state index in [2.05, 4.69) is 50.5 Å². The molecule has 14 heteroatoms. The SMILES string of the molecule is COc1ccc(CC2C[N+](C)(CCC(=O)OCCCCCOC(=O)CC[N+]3(C)CCc4cc(OC)c(OC)cc4C3Cc3ccc(OC)c(OC)c3)Cc3cc(OC)c(OC)cc32)cc1OC. The zero-order valence-electron chi connectivity index (χ0n) is 41.3. The number of ether oxygens (including phenoxy) is 10. The van der Waals surface area contributed by atoms with E-state index in [9.17, 15) is 9.59 Å². The maximum atomic E-state index is 13.2. The van der Waals surface area contributed by atoms with E-state index in [1.165, 1.54) is 22.3 Å². The normalized spacial score (nSPS) is 19.6. The summed E-state index contributed by atoms with van der Waals surface area (Å²) in [6, 6.07) is 20.5. The van der Waals surface area contributed by atoms with Crippen LogP contribution >= 0.6 is 0 Å². The van der Waals surface area contributed by atoms with Crippen LogP contribution < -0.4 is 37.9 Å². The van der Waals surface area contributed by atoms with Crippen molar-refractivity contribution in [3.8, 4) is 46.0 Å². The Morgan fingerprint density at radius 3 is 1.52 bits per heavy atom. The molecule has 0 bridgehead atoms. The van der Waals surface area contributed by atoms with Crippen molar-refractivity contribution in [3.05, 3.63) is 94.0 Å². The molecule has 0 saturated heterocycles. The smallest absolute Gasteiger partial charge is 0.311 e. The van der Waals surface area contributed by atoms with Gasteiger partial charge in [0.1, 0.15) is 12.6 Å². The van der Waals surface area contributed by atoms with Crippen molar-refractivity contribution in [2.24, 2.45) is 0 Å². The largest absolute Gasteiger partial charge is 0.493 e. The minimum Gasteiger partial charge on any atom is -0.493 e. The molecule has 0 amide bonds. The zero-order valence-corrected chi connectivity index (χ0v) is 41.3. The van der Waals surface area contributed by atoms with Gasteiger partial charge in [0.25, 0.3) is 0 Å². The molecule has 0 N–H and O–H groups in total. The molecule has 67 heavy (non-hydrogen) atoms. The summed E-state index contributed by atoms with van der Waals surface area (Å²) in [7, 11) is 17.6. The molecule has 0 fully saturated rings. The van der Waals surface area contributed by atoms with Gasteiger partial charge in [-0.15, -0.1) is 0 Å². The minimum atomic E-state index is -0.214. The molecule has 14 nitrogen and oxygen atoms in total. The number of esters is 2. The highest BCUT2D eigenvalue weighted by molar-refractivity contribution is 5.69. The van der Waals surface area contributed by atoms with E-state index in [0.717, 1.165) is 56.4 Å². The van der Waals surface area contributed by atoms with E-state index < -0.39 is 0 Å². The lowest BCUT2D eigenvalue weighted by Crippen LogP contribution is -2.53. The monoisotopic (exact) mass is 929 g/mol.